The molecule has 1 heterocycles. The predicted octanol–water partition coefficient (Wildman–Crippen LogP) is 2.67. The molecule has 116 valence electrons. The van der Waals surface area contributed by atoms with Crippen LogP contribution in [0.5, 0.6) is 0 Å². The first-order chi connectivity index (χ1) is 9.61. The van der Waals surface area contributed by atoms with Gasteiger partial charge in [-0.05, 0) is 25.5 Å². The minimum Gasteiger partial charge on any atom is -0.288 e. The Kier molecular flexibility index (Phi) is 3.97. The number of hydrogen-bond donors (Lipinski definition) is 1. The first-order valence-electron chi connectivity index (χ1n) is 6.49. The second kappa shape index (κ2) is 5.29. The van der Waals surface area contributed by atoms with Gasteiger partial charge in [0.1, 0.15) is 11.9 Å². The van der Waals surface area contributed by atoms with Crippen LogP contribution in [0.1, 0.15) is 19.4 Å². The number of benzene rings is 1. The number of carbonyl (C=O) groups is 1. The van der Waals surface area contributed by atoms with Crippen LogP contribution < -0.4 is 5.43 Å². The highest BCUT2D eigenvalue weighted by molar-refractivity contribution is 5.83. The highest BCUT2D eigenvalue weighted by Crippen LogP contribution is 2.32. The number of alkyl halides is 3. The van der Waals surface area contributed by atoms with Crippen LogP contribution in [0, 0.1) is 11.2 Å². The number of halogens is 4. The summed E-state index contributed by atoms with van der Waals surface area (Å²) >= 11 is 0. The van der Waals surface area contributed by atoms with Gasteiger partial charge < -0.3 is 0 Å². The van der Waals surface area contributed by atoms with E-state index in [1.807, 2.05) is 0 Å². The third kappa shape index (κ3) is 3.34. The number of hydrogen-bond acceptors (Lipinski definition) is 2. The zero-order valence-electron chi connectivity index (χ0n) is 11.7. The number of rotatable bonds is 3. The van der Waals surface area contributed by atoms with E-state index >= 15 is 0 Å². The molecule has 2 rings (SSSR count). The van der Waals surface area contributed by atoms with E-state index in [4.69, 9.17) is 0 Å². The van der Waals surface area contributed by atoms with Crippen LogP contribution in [-0.2, 0) is 11.2 Å². The van der Waals surface area contributed by atoms with Gasteiger partial charge in [-0.15, -0.1) is 0 Å². The number of nitrogens with one attached hydrogen (secondary N) is 1. The fourth-order valence-corrected chi connectivity index (χ4v) is 2.28. The minimum atomic E-state index is -4.57. The highest BCUT2D eigenvalue weighted by atomic mass is 19.4. The van der Waals surface area contributed by atoms with E-state index in [0.717, 1.165) is 11.1 Å². The van der Waals surface area contributed by atoms with Crippen LogP contribution in [0.15, 0.2) is 24.3 Å². The molecule has 0 aromatic heterocycles. The molecule has 1 saturated heterocycles. The molecule has 3 nitrogen and oxygen atoms in total. The van der Waals surface area contributed by atoms with Gasteiger partial charge in [-0.25, -0.2) is 9.40 Å². The summed E-state index contributed by atoms with van der Waals surface area (Å²) in [5.41, 5.74) is 1.31. The van der Waals surface area contributed by atoms with Crippen molar-refractivity contribution in [1.29, 1.82) is 0 Å². The van der Waals surface area contributed by atoms with Crippen LogP contribution in [0.25, 0.3) is 0 Å². The van der Waals surface area contributed by atoms with Crippen LogP contribution >= 0.6 is 0 Å². The van der Waals surface area contributed by atoms with E-state index in [2.05, 4.69) is 5.43 Å². The summed E-state index contributed by atoms with van der Waals surface area (Å²) in [5, 5.41) is 0.856. The van der Waals surface area contributed by atoms with E-state index in [0.29, 0.717) is 0 Å². The molecule has 0 bridgehead atoms. The molecular weight excluding hydrogens is 288 g/mol. The quantitative estimate of drug-likeness (QED) is 0.871. The van der Waals surface area contributed by atoms with Crippen molar-refractivity contribution in [2.75, 3.05) is 6.54 Å². The molecule has 0 unspecified atom stereocenters. The van der Waals surface area contributed by atoms with Crippen molar-refractivity contribution >= 4 is 5.91 Å². The van der Waals surface area contributed by atoms with Crippen molar-refractivity contribution in [3.8, 4) is 0 Å². The SMILES string of the molecule is CC1(C)CN([C@@H](Cc2ccccc2F)C(F)(F)F)NC1=O. The lowest BCUT2D eigenvalue weighted by molar-refractivity contribution is -0.188. The summed E-state index contributed by atoms with van der Waals surface area (Å²) in [7, 11) is 0. The van der Waals surface area contributed by atoms with Gasteiger partial charge >= 0.3 is 6.18 Å². The fourth-order valence-electron chi connectivity index (χ4n) is 2.28. The molecule has 1 aromatic rings. The molecule has 0 saturated carbocycles. The van der Waals surface area contributed by atoms with Crippen LogP contribution in [0.4, 0.5) is 17.6 Å². The fraction of sp³-hybridized carbons (Fsp3) is 0.500. The lowest BCUT2D eigenvalue weighted by atomic mass is 9.94. The molecule has 1 aliphatic rings. The monoisotopic (exact) mass is 304 g/mol. The van der Waals surface area contributed by atoms with Gasteiger partial charge in [0.15, 0.2) is 0 Å². The zero-order valence-corrected chi connectivity index (χ0v) is 11.7. The maximum Gasteiger partial charge on any atom is 0.406 e. The zero-order chi connectivity index (χ0) is 15.8. The van der Waals surface area contributed by atoms with E-state index in [-0.39, 0.29) is 12.1 Å². The lowest BCUT2D eigenvalue weighted by Gasteiger charge is -2.29. The number of amides is 1. The molecule has 0 radical (unpaired) electrons. The maximum atomic E-state index is 13.6. The lowest BCUT2D eigenvalue weighted by Crippen LogP contribution is -2.51. The molecule has 1 fully saturated rings. The Morgan fingerprint density at radius 2 is 1.95 bits per heavy atom. The summed E-state index contributed by atoms with van der Waals surface area (Å²) in [6.45, 7) is 3.06. The Morgan fingerprint density at radius 3 is 2.43 bits per heavy atom. The Bertz CT molecular complexity index is 542. The second-order valence-electron chi connectivity index (χ2n) is 5.81. The summed E-state index contributed by atoms with van der Waals surface area (Å²) in [5.74, 6) is -1.15. The number of nitrogens with zero attached hydrogens (tertiary/aromatic N) is 1. The van der Waals surface area contributed by atoms with Crippen LogP contribution in [-0.4, -0.2) is 29.7 Å². The van der Waals surface area contributed by atoms with Gasteiger partial charge in [0.25, 0.3) is 0 Å². The van der Waals surface area contributed by atoms with Crippen molar-refractivity contribution in [2.24, 2.45) is 5.41 Å². The molecule has 0 spiro atoms. The first kappa shape index (κ1) is 15.8. The largest absolute Gasteiger partial charge is 0.406 e. The standard InChI is InChI=1S/C14H16F4N2O/c1-13(2)8-20(19-12(13)21)11(14(16,17)18)7-9-5-3-4-6-10(9)15/h3-6,11H,7-8H2,1-2H3,(H,19,21)/t11-/m0/s1. The van der Waals surface area contributed by atoms with Crippen molar-refractivity contribution in [3.05, 3.63) is 35.6 Å². The third-order valence-electron chi connectivity index (χ3n) is 3.55. The average molecular weight is 304 g/mol. The van der Waals surface area contributed by atoms with Crippen molar-refractivity contribution in [3.63, 3.8) is 0 Å². The molecule has 1 atom stereocenters. The topological polar surface area (TPSA) is 32.3 Å². The first-order valence-corrected chi connectivity index (χ1v) is 6.49. The Hall–Kier alpha value is -1.63. The van der Waals surface area contributed by atoms with Crippen LogP contribution in [0.2, 0.25) is 0 Å². The van der Waals surface area contributed by atoms with E-state index in [9.17, 15) is 22.4 Å². The minimum absolute atomic E-state index is 0.0289. The molecule has 1 N–H and O–H groups in total. The molecule has 1 aliphatic heterocycles. The summed E-state index contributed by atoms with van der Waals surface area (Å²) in [4.78, 5) is 11.7. The highest BCUT2D eigenvalue weighted by Gasteiger charge is 2.50. The Morgan fingerprint density at radius 1 is 1.33 bits per heavy atom. The Balaban J connectivity index is 2.25. The average Bonchev–Trinajstić information content (AvgIpc) is 2.61. The van der Waals surface area contributed by atoms with Gasteiger partial charge in [0.2, 0.25) is 5.91 Å². The molecule has 21 heavy (non-hydrogen) atoms. The summed E-state index contributed by atoms with van der Waals surface area (Å²) in [6.07, 6.45) is -5.12. The van der Waals surface area contributed by atoms with Gasteiger partial charge in [0, 0.05) is 13.0 Å². The summed E-state index contributed by atoms with van der Waals surface area (Å²) < 4.78 is 53.3. The van der Waals surface area contributed by atoms with Gasteiger partial charge in [-0.3, -0.25) is 10.2 Å². The van der Waals surface area contributed by atoms with Crippen LogP contribution in [0.3, 0.4) is 0 Å². The predicted molar refractivity (Wildman–Crippen MR) is 68.6 cm³/mol. The van der Waals surface area contributed by atoms with E-state index in [1.165, 1.54) is 18.2 Å². The second-order valence-corrected chi connectivity index (χ2v) is 5.81. The molecular formula is C14H16F4N2O. The van der Waals surface area contributed by atoms with Gasteiger partial charge in [0.05, 0.1) is 5.41 Å². The molecule has 1 amide bonds. The summed E-state index contributed by atoms with van der Waals surface area (Å²) in [6, 6.07) is 3.38. The van der Waals surface area contributed by atoms with Crippen molar-refractivity contribution in [1.82, 2.24) is 10.4 Å². The molecule has 7 heteroatoms. The Labute approximate surface area is 119 Å². The number of carbonyl (C=O) groups excluding carboxylic acids is 1. The van der Waals surface area contributed by atoms with Crippen molar-refractivity contribution in [2.45, 2.75) is 32.5 Å². The van der Waals surface area contributed by atoms with Gasteiger partial charge in [-0.2, -0.15) is 13.2 Å². The maximum absolute atomic E-state index is 13.6. The van der Waals surface area contributed by atoms with Gasteiger partial charge in [-0.1, -0.05) is 18.2 Å². The molecule has 0 aliphatic carbocycles. The van der Waals surface area contributed by atoms with E-state index in [1.54, 1.807) is 13.8 Å². The smallest absolute Gasteiger partial charge is 0.288 e. The van der Waals surface area contributed by atoms with Crippen molar-refractivity contribution < 1.29 is 22.4 Å². The number of hydrazine groups is 1. The third-order valence-corrected chi connectivity index (χ3v) is 3.55. The molecule has 1 aromatic carbocycles. The normalized spacial score (nSPS) is 20.4. The van der Waals surface area contributed by atoms with E-state index < -0.39 is 35.8 Å².